The number of methoxy groups -OCH3 is 1. The molecule has 3 aromatic heterocycles. The van der Waals surface area contributed by atoms with Crippen LogP contribution in [0.15, 0.2) is 24.8 Å². The van der Waals surface area contributed by atoms with Gasteiger partial charge in [-0.2, -0.15) is 0 Å². The number of fused-ring (bicyclic) bond motifs is 3. The van der Waals surface area contributed by atoms with E-state index in [1.165, 1.54) is 0 Å². The molecule has 9 nitrogen and oxygen atoms in total. The predicted octanol–water partition coefficient (Wildman–Crippen LogP) is 2.84. The lowest BCUT2D eigenvalue weighted by Crippen LogP contribution is -2.49. The van der Waals surface area contributed by atoms with Crippen molar-refractivity contribution in [3.8, 4) is 0 Å². The summed E-state index contributed by atoms with van der Waals surface area (Å²) in [5, 5.41) is 1.69. The first-order chi connectivity index (χ1) is 16.7. The van der Waals surface area contributed by atoms with Crippen LogP contribution in [0.3, 0.4) is 0 Å². The molecule has 1 saturated heterocycles. The second kappa shape index (κ2) is 10.6. The largest absolute Gasteiger partial charge is 0.382 e. The molecule has 4 heterocycles. The van der Waals surface area contributed by atoms with Crippen molar-refractivity contribution in [2.45, 2.75) is 55.9 Å². The fraction of sp³-hybridized carbons (Fsp3) is 0.625. The van der Waals surface area contributed by atoms with Crippen molar-refractivity contribution >= 4 is 32.6 Å². The standard InChI is InChI=1S/C24H33N5O4S/c1-32-11-12-33-18-3-2-10-29(14-18)24(34(30)31)17-6-4-16(5-7-17)22-21-19-8-9-25-23(19)26-13-20(21)27-15-28-22/h8-9,13,15-18,24,34H,2-7,10-12,14H2,1H3,(H,25,26). The van der Waals surface area contributed by atoms with E-state index in [9.17, 15) is 8.42 Å². The van der Waals surface area contributed by atoms with Crippen LogP contribution in [0.5, 0.6) is 0 Å². The lowest BCUT2D eigenvalue weighted by molar-refractivity contribution is -0.0286. The summed E-state index contributed by atoms with van der Waals surface area (Å²) in [4.78, 5) is 18.9. The van der Waals surface area contributed by atoms with Gasteiger partial charge >= 0.3 is 0 Å². The molecular weight excluding hydrogens is 454 g/mol. The minimum Gasteiger partial charge on any atom is -0.382 e. The number of ether oxygens (including phenoxy) is 2. The molecular formula is C24H33N5O4S. The van der Waals surface area contributed by atoms with E-state index in [-0.39, 0.29) is 12.0 Å². The number of aromatic amines is 1. The maximum atomic E-state index is 12.4. The van der Waals surface area contributed by atoms with E-state index in [0.717, 1.165) is 72.7 Å². The van der Waals surface area contributed by atoms with E-state index in [2.05, 4.69) is 19.9 Å². The Balaban J connectivity index is 1.30. The van der Waals surface area contributed by atoms with Gasteiger partial charge in [0.25, 0.3) is 0 Å². The van der Waals surface area contributed by atoms with Crippen LogP contribution in [-0.4, -0.2) is 78.1 Å². The first kappa shape index (κ1) is 23.6. The second-order valence-corrected chi connectivity index (χ2v) is 10.6. The highest BCUT2D eigenvalue weighted by atomic mass is 32.2. The molecule has 1 aliphatic heterocycles. The summed E-state index contributed by atoms with van der Waals surface area (Å²) in [7, 11) is -0.891. The number of likely N-dealkylation sites (tertiary alicyclic amines) is 1. The predicted molar refractivity (Wildman–Crippen MR) is 130 cm³/mol. The highest BCUT2D eigenvalue weighted by molar-refractivity contribution is 7.73. The van der Waals surface area contributed by atoms with Gasteiger partial charge in [0.05, 0.1) is 36.7 Å². The number of piperidine rings is 1. The molecule has 1 saturated carbocycles. The van der Waals surface area contributed by atoms with Gasteiger partial charge in [0.1, 0.15) is 17.3 Å². The number of nitrogens with zero attached hydrogens (tertiary/aromatic N) is 4. The number of pyridine rings is 1. The molecule has 2 atom stereocenters. The van der Waals surface area contributed by atoms with E-state index in [1.54, 1.807) is 19.6 Å². The third kappa shape index (κ3) is 4.82. The van der Waals surface area contributed by atoms with Crippen LogP contribution in [-0.2, 0) is 20.2 Å². The van der Waals surface area contributed by atoms with Gasteiger partial charge in [-0.15, -0.1) is 0 Å². The normalized spacial score (nSPS) is 25.3. The van der Waals surface area contributed by atoms with Gasteiger partial charge in [0.15, 0.2) is 10.7 Å². The zero-order valence-corrected chi connectivity index (χ0v) is 20.5. The third-order valence-corrected chi connectivity index (χ3v) is 8.62. The van der Waals surface area contributed by atoms with Crippen LogP contribution in [0.4, 0.5) is 0 Å². The SMILES string of the molecule is COCCOC1CCCN(C(C2CCC(c3ncnc4cnc5[nH]ccc5c34)CC2)[SH](=O)=O)C1. The molecule has 0 aromatic carbocycles. The Bertz CT molecular complexity index is 1180. The van der Waals surface area contributed by atoms with Crippen LogP contribution >= 0.6 is 0 Å². The summed E-state index contributed by atoms with van der Waals surface area (Å²) in [6.07, 6.45) is 10.9. The number of H-pyrrole nitrogens is 1. The number of hydrogen-bond acceptors (Lipinski definition) is 8. The number of nitrogens with one attached hydrogen (secondary N) is 1. The van der Waals surface area contributed by atoms with Gasteiger partial charge in [-0.05, 0) is 57.1 Å². The quantitative estimate of drug-likeness (QED) is 0.369. The molecule has 1 aliphatic carbocycles. The highest BCUT2D eigenvalue weighted by Crippen LogP contribution is 2.41. The molecule has 3 aromatic rings. The van der Waals surface area contributed by atoms with Gasteiger partial charge in [-0.1, -0.05) is 0 Å². The van der Waals surface area contributed by atoms with E-state index in [4.69, 9.17) is 14.5 Å². The van der Waals surface area contributed by atoms with Crippen molar-refractivity contribution in [3.05, 3.63) is 30.5 Å². The summed E-state index contributed by atoms with van der Waals surface area (Å²) >= 11 is 0. The van der Waals surface area contributed by atoms with Crippen LogP contribution < -0.4 is 0 Å². The van der Waals surface area contributed by atoms with Crippen molar-refractivity contribution in [3.63, 3.8) is 0 Å². The minimum atomic E-state index is -2.55. The van der Waals surface area contributed by atoms with Gasteiger partial charge in [0.2, 0.25) is 0 Å². The molecule has 184 valence electrons. The van der Waals surface area contributed by atoms with Crippen molar-refractivity contribution in [2.75, 3.05) is 33.4 Å². The van der Waals surface area contributed by atoms with Crippen LogP contribution in [0, 0.1) is 5.92 Å². The zero-order valence-electron chi connectivity index (χ0n) is 19.6. The highest BCUT2D eigenvalue weighted by Gasteiger charge is 2.37. The Morgan fingerprint density at radius 3 is 2.79 bits per heavy atom. The Kier molecular flexibility index (Phi) is 7.38. The summed E-state index contributed by atoms with van der Waals surface area (Å²) in [5.74, 6) is 0.427. The van der Waals surface area contributed by atoms with Gasteiger partial charge in [0, 0.05) is 36.5 Å². The molecule has 1 N–H and O–H groups in total. The van der Waals surface area contributed by atoms with Gasteiger partial charge in [-0.3, -0.25) is 4.90 Å². The van der Waals surface area contributed by atoms with Crippen molar-refractivity contribution in [2.24, 2.45) is 5.92 Å². The monoisotopic (exact) mass is 487 g/mol. The van der Waals surface area contributed by atoms with Crippen LogP contribution in [0.2, 0.25) is 0 Å². The molecule has 0 amide bonds. The maximum absolute atomic E-state index is 12.4. The minimum absolute atomic E-state index is 0.0717. The Morgan fingerprint density at radius 1 is 1.15 bits per heavy atom. The fourth-order valence-corrected chi connectivity index (χ4v) is 6.95. The first-order valence-corrected chi connectivity index (χ1v) is 13.4. The lowest BCUT2D eigenvalue weighted by Gasteiger charge is -2.41. The molecule has 0 radical (unpaired) electrons. The average Bonchev–Trinajstić information content (AvgIpc) is 3.34. The van der Waals surface area contributed by atoms with Crippen molar-refractivity contribution in [1.82, 2.24) is 24.8 Å². The van der Waals surface area contributed by atoms with E-state index >= 15 is 0 Å². The summed E-state index contributed by atoms with van der Waals surface area (Å²) in [5.41, 5.74) is 2.75. The molecule has 0 bridgehead atoms. The number of thiol groups is 1. The zero-order chi connectivity index (χ0) is 23.5. The molecule has 0 spiro atoms. The average molecular weight is 488 g/mol. The first-order valence-electron chi connectivity index (χ1n) is 12.2. The molecule has 5 rings (SSSR count). The van der Waals surface area contributed by atoms with E-state index in [0.29, 0.717) is 25.7 Å². The lowest BCUT2D eigenvalue weighted by atomic mass is 9.79. The van der Waals surface area contributed by atoms with Crippen molar-refractivity contribution < 1.29 is 17.9 Å². The smallest absolute Gasteiger partial charge is 0.156 e. The molecule has 10 heteroatoms. The van der Waals surface area contributed by atoms with Crippen LogP contribution in [0.1, 0.15) is 50.1 Å². The van der Waals surface area contributed by atoms with E-state index < -0.39 is 16.1 Å². The fourth-order valence-electron chi connectivity index (χ4n) is 5.83. The number of aromatic nitrogens is 4. The van der Waals surface area contributed by atoms with Gasteiger partial charge < -0.3 is 14.5 Å². The molecule has 2 fully saturated rings. The topological polar surface area (TPSA) is 110 Å². The number of rotatable bonds is 8. The summed E-state index contributed by atoms with van der Waals surface area (Å²) in [6.45, 7) is 2.59. The third-order valence-electron chi connectivity index (χ3n) is 7.44. The van der Waals surface area contributed by atoms with E-state index in [1.807, 2.05) is 12.3 Å². The maximum Gasteiger partial charge on any atom is 0.156 e. The summed E-state index contributed by atoms with van der Waals surface area (Å²) in [6, 6.07) is 2.03. The molecule has 2 aliphatic rings. The Hall–Kier alpha value is -2.14. The Morgan fingerprint density at radius 2 is 2.00 bits per heavy atom. The van der Waals surface area contributed by atoms with Gasteiger partial charge in [-0.25, -0.2) is 23.4 Å². The van der Waals surface area contributed by atoms with Crippen molar-refractivity contribution in [1.29, 1.82) is 0 Å². The summed E-state index contributed by atoms with van der Waals surface area (Å²) < 4.78 is 35.8. The molecule has 2 unspecified atom stereocenters. The second-order valence-electron chi connectivity index (χ2n) is 9.45. The molecule has 34 heavy (non-hydrogen) atoms. The number of hydrogen-bond donors (Lipinski definition) is 2. The Labute approximate surface area is 201 Å². The van der Waals surface area contributed by atoms with Crippen LogP contribution in [0.25, 0.3) is 21.9 Å².